The molecule has 114 valence electrons. The summed E-state index contributed by atoms with van der Waals surface area (Å²) >= 11 is 0. The molecular weight excluding hydrogens is 254 g/mol. The third kappa shape index (κ3) is 3.60. The van der Waals surface area contributed by atoms with E-state index in [-0.39, 0.29) is 0 Å². The van der Waals surface area contributed by atoms with Crippen LogP contribution in [0.5, 0.6) is 0 Å². The summed E-state index contributed by atoms with van der Waals surface area (Å²) in [5.74, 6) is -0.790. The summed E-state index contributed by atoms with van der Waals surface area (Å²) in [5, 5.41) is 16.9. The normalized spacial score (nSPS) is 14.2. The van der Waals surface area contributed by atoms with Gasteiger partial charge in [0, 0.05) is 12.2 Å². The van der Waals surface area contributed by atoms with Crippen molar-refractivity contribution in [1.82, 2.24) is 15.1 Å². The van der Waals surface area contributed by atoms with E-state index in [1.54, 1.807) is 6.92 Å². The lowest BCUT2D eigenvalue weighted by molar-refractivity contribution is -0.144. The summed E-state index contributed by atoms with van der Waals surface area (Å²) in [5.41, 5.74) is 2.74. The number of carbonyl (C=O) groups is 1. The maximum Gasteiger partial charge on any atom is 0.323 e. The average Bonchev–Trinajstić information content (AvgIpc) is 2.64. The zero-order valence-corrected chi connectivity index (χ0v) is 13.3. The second-order valence-electron chi connectivity index (χ2n) is 5.50. The van der Waals surface area contributed by atoms with Crippen LogP contribution in [-0.4, -0.2) is 32.9 Å². The SMILES string of the molecule is CCNC(C)(CCCn1nc(C)c(CC)c1C)C(=O)O. The van der Waals surface area contributed by atoms with Crippen molar-refractivity contribution in [2.24, 2.45) is 0 Å². The minimum atomic E-state index is -0.849. The second kappa shape index (κ2) is 6.88. The van der Waals surface area contributed by atoms with Crippen molar-refractivity contribution in [2.45, 2.75) is 66.0 Å². The Labute approximate surface area is 121 Å². The maximum atomic E-state index is 11.3. The predicted molar refractivity (Wildman–Crippen MR) is 80.0 cm³/mol. The van der Waals surface area contributed by atoms with Crippen LogP contribution in [0.15, 0.2) is 0 Å². The lowest BCUT2D eigenvalue weighted by Crippen LogP contribution is -2.49. The van der Waals surface area contributed by atoms with Gasteiger partial charge in [-0.25, -0.2) is 0 Å². The average molecular weight is 281 g/mol. The molecule has 20 heavy (non-hydrogen) atoms. The first-order valence-electron chi connectivity index (χ1n) is 7.37. The Morgan fingerprint density at radius 1 is 1.40 bits per heavy atom. The third-order valence-corrected chi connectivity index (χ3v) is 3.97. The Bertz CT molecular complexity index is 468. The van der Waals surface area contributed by atoms with Gasteiger partial charge < -0.3 is 10.4 Å². The number of hydrogen-bond acceptors (Lipinski definition) is 3. The first-order chi connectivity index (χ1) is 9.35. The fraction of sp³-hybridized carbons (Fsp3) is 0.733. The Morgan fingerprint density at radius 2 is 2.05 bits per heavy atom. The van der Waals surface area contributed by atoms with Crippen molar-refractivity contribution >= 4 is 5.97 Å². The topological polar surface area (TPSA) is 67.2 Å². The molecule has 0 aliphatic carbocycles. The molecule has 0 radical (unpaired) electrons. The highest BCUT2D eigenvalue weighted by molar-refractivity contribution is 5.78. The fourth-order valence-corrected chi connectivity index (χ4v) is 2.71. The molecule has 0 aliphatic rings. The van der Waals surface area contributed by atoms with Gasteiger partial charge >= 0.3 is 5.97 Å². The first-order valence-corrected chi connectivity index (χ1v) is 7.37. The molecule has 1 heterocycles. The number of nitrogens with one attached hydrogen (secondary N) is 1. The second-order valence-corrected chi connectivity index (χ2v) is 5.50. The van der Waals surface area contributed by atoms with Gasteiger partial charge in [0.25, 0.3) is 0 Å². The number of aliphatic carboxylic acids is 1. The van der Waals surface area contributed by atoms with E-state index >= 15 is 0 Å². The van der Waals surface area contributed by atoms with Gasteiger partial charge in [0.1, 0.15) is 5.54 Å². The van der Waals surface area contributed by atoms with Crippen LogP contribution in [0.3, 0.4) is 0 Å². The fourth-order valence-electron chi connectivity index (χ4n) is 2.71. The maximum absolute atomic E-state index is 11.3. The molecule has 0 spiro atoms. The van der Waals surface area contributed by atoms with E-state index in [1.165, 1.54) is 11.3 Å². The van der Waals surface area contributed by atoms with Crippen LogP contribution in [0.25, 0.3) is 0 Å². The van der Waals surface area contributed by atoms with Crippen LogP contribution < -0.4 is 5.32 Å². The number of hydrogen-bond donors (Lipinski definition) is 2. The summed E-state index contributed by atoms with van der Waals surface area (Å²) < 4.78 is 2.00. The van der Waals surface area contributed by atoms with Gasteiger partial charge in [0.2, 0.25) is 0 Å². The molecule has 0 saturated heterocycles. The molecule has 5 heteroatoms. The number of aryl methyl sites for hydroxylation is 2. The van der Waals surface area contributed by atoms with Crippen LogP contribution in [0.4, 0.5) is 0 Å². The summed E-state index contributed by atoms with van der Waals surface area (Å²) in [6.45, 7) is 11.3. The molecule has 1 aromatic heterocycles. The van der Waals surface area contributed by atoms with E-state index in [9.17, 15) is 9.90 Å². The van der Waals surface area contributed by atoms with Crippen molar-refractivity contribution in [3.8, 4) is 0 Å². The molecule has 1 atom stereocenters. The quantitative estimate of drug-likeness (QED) is 0.767. The van der Waals surface area contributed by atoms with Gasteiger partial charge in [0.15, 0.2) is 0 Å². The highest BCUT2D eigenvalue weighted by Gasteiger charge is 2.31. The first kappa shape index (κ1) is 16.7. The van der Waals surface area contributed by atoms with Gasteiger partial charge in [-0.05, 0) is 52.1 Å². The summed E-state index contributed by atoms with van der Waals surface area (Å²) in [4.78, 5) is 11.3. The highest BCUT2D eigenvalue weighted by atomic mass is 16.4. The molecule has 0 fully saturated rings. The molecular formula is C15H27N3O2. The predicted octanol–water partition coefficient (Wildman–Crippen LogP) is 2.30. The van der Waals surface area contributed by atoms with E-state index in [2.05, 4.69) is 24.3 Å². The summed E-state index contributed by atoms with van der Waals surface area (Å²) in [6, 6.07) is 0. The number of aromatic nitrogens is 2. The Hall–Kier alpha value is -1.36. The minimum absolute atomic E-state index is 0.593. The Kier molecular flexibility index (Phi) is 5.74. The molecule has 0 aliphatic heterocycles. The van der Waals surface area contributed by atoms with Crippen molar-refractivity contribution in [3.63, 3.8) is 0 Å². The molecule has 1 rings (SSSR count). The van der Waals surface area contributed by atoms with Crippen LogP contribution in [-0.2, 0) is 17.8 Å². The van der Waals surface area contributed by atoms with Crippen LogP contribution in [0.2, 0.25) is 0 Å². The molecule has 0 amide bonds. The zero-order valence-electron chi connectivity index (χ0n) is 13.3. The zero-order chi connectivity index (χ0) is 15.3. The smallest absolute Gasteiger partial charge is 0.323 e. The van der Waals surface area contributed by atoms with Crippen LogP contribution in [0, 0.1) is 13.8 Å². The Morgan fingerprint density at radius 3 is 2.50 bits per heavy atom. The van der Waals surface area contributed by atoms with Gasteiger partial charge in [-0.2, -0.15) is 5.10 Å². The highest BCUT2D eigenvalue weighted by Crippen LogP contribution is 2.17. The van der Waals surface area contributed by atoms with Crippen LogP contribution in [0.1, 0.15) is 50.6 Å². The summed E-state index contributed by atoms with van der Waals surface area (Å²) in [7, 11) is 0. The number of carboxylic acids is 1. The molecule has 2 N–H and O–H groups in total. The van der Waals surface area contributed by atoms with E-state index in [0.717, 1.165) is 25.1 Å². The van der Waals surface area contributed by atoms with Crippen molar-refractivity contribution in [3.05, 3.63) is 17.0 Å². The van der Waals surface area contributed by atoms with Crippen LogP contribution >= 0.6 is 0 Å². The lowest BCUT2D eigenvalue weighted by Gasteiger charge is -2.25. The van der Waals surface area contributed by atoms with Crippen molar-refractivity contribution in [2.75, 3.05) is 6.54 Å². The van der Waals surface area contributed by atoms with Gasteiger partial charge in [-0.15, -0.1) is 0 Å². The van der Waals surface area contributed by atoms with Gasteiger partial charge in [0.05, 0.1) is 5.69 Å². The van der Waals surface area contributed by atoms with Gasteiger partial charge in [-0.3, -0.25) is 9.48 Å². The number of carboxylic acid groups (broad SMARTS) is 1. The minimum Gasteiger partial charge on any atom is -0.480 e. The molecule has 0 bridgehead atoms. The van der Waals surface area contributed by atoms with Crippen molar-refractivity contribution in [1.29, 1.82) is 0 Å². The molecule has 0 aromatic carbocycles. The Balaban J connectivity index is 2.66. The van der Waals surface area contributed by atoms with Crippen molar-refractivity contribution < 1.29 is 9.90 Å². The van der Waals surface area contributed by atoms with E-state index < -0.39 is 11.5 Å². The molecule has 5 nitrogen and oxygen atoms in total. The number of nitrogens with zero attached hydrogens (tertiary/aromatic N) is 2. The number of likely N-dealkylation sites (N-methyl/N-ethyl adjacent to an activating group) is 1. The summed E-state index contributed by atoms with van der Waals surface area (Å²) in [6.07, 6.45) is 2.37. The molecule has 1 unspecified atom stereocenters. The van der Waals surface area contributed by atoms with E-state index in [4.69, 9.17) is 0 Å². The van der Waals surface area contributed by atoms with E-state index in [0.29, 0.717) is 13.0 Å². The van der Waals surface area contributed by atoms with E-state index in [1.807, 2.05) is 18.5 Å². The lowest BCUT2D eigenvalue weighted by atomic mass is 9.96. The molecule has 0 saturated carbocycles. The molecule has 1 aromatic rings. The third-order valence-electron chi connectivity index (χ3n) is 3.97. The largest absolute Gasteiger partial charge is 0.480 e. The monoisotopic (exact) mass is 281 g/mol. The standard InChI is InChI=1S/C15H27N3O2/c1-6-13-11(3)17-18(12(13)4)10-8-9-15(5,14(19)20)16-7-2/h16H,6-10H2,1-5H3,(H,19,20). The van der Waals surface area contributed by atoms with Gasteiger partial charge in [-0.1, -0.05) is 13.8 Å². The number of rotatable bonds is 8.